The van der Waals surface area contributed by atoms with E-state index in [1.807, 2.05) is 0 Å². The third-order valence-corrected chi connectivity index (χ3v) is 2.18. The molecule has 1 amide bonds. The minimum atomic E-state index is -0.760. The van der Waals surface area contributed by atoms with Gasteiger partial charge in [0.25, 0.3) is 5.91 Å². The second-order valence-corrected chi connectivity index (χ2v) is 2.90. The van der Waals surface area contributed by atoms with E-state index >= 15 is 0 Å². The van der Waals surface area contributed by atoms with E-state index in [0.29, 0.717) is 0 Å². The second kappa shape index (κ2) is 3.40. The van der Waals surface area contributed by atoms with Gasteiger partial charge in [-0.3, -0.25) is 4.79 Å². The molecule has 0 bridgehead atoms. The maximum atomic E-state index is 11.0. The van der Waals surface area contributed by atoms with Crippen molar-refractivity contribution in [3.8, 4) is 0 Å². The van der Waals surface area contributed by atoms with Crippen molar-refractivity contribution >= 4 is 29.1 Å². The number of hydrogen-bond acceptors (Lipinski definition) is 6. The van der Waals surface area contributed by atoms with Crippen molar-refractivity contribution in [3.63, 3.8) is 0 Å². The Morgan fingerprint density at radius 3 is 2.54 bits per heavy atom. The maximum absolute atomic E-state index is 11.0. The van der Waals surface area contributed by atoms with Gasteiger partial charge in [-0.05, 0) is 11.5 Å². The van der Waals surface area contributed by atoms with E-state index in [2.05, 4.69) is 9.11 Å². The molecule has 0 unspecified atom stereocenters. The van der Waals surface area contributed by atoms with E-state index in [-0.39, 0.29) is 16.3 Å². The summed E-state index contributed by atoms with van der Waals surface area (Å²) in [6.45, 7) is 0. The number of carbonyl (C=O) groups excluding carboxylic acids is 2. The molecule has 70 valence electrons. The van der Waals surface area contributed by atoms with E-state index in [0.717, 1.165) is 11.5 Å². The number of nitrogen functional groups attached to an aromatic ring is 1. The van der Waals surface area contributed by atoms with Crippen LogP contribution in [-0.2, 0) is 4.74 Å². The van der Waals surface area contributed by atoms with Gasteiger partial charge >= 0.3 is 5.97 Å². The molecular weight excluding hydrogens is 194 g/mol. The minimum absolute atomic E-state index is 0.0237. The Morgan fingerprint density at radius 2 is 2.15 bits per heavy atom. The van der Waals surface area contributed by atoms with Crippen molar-refractivity contribution in [1.82, 2.24) is 4.37 Å². The quantitative estimate of drug-likeness (QED) is 0.633. The first kappa shape index (κ1) is 9.46. The first-order valence-corrected chi connectivity index (χ1v) is 3.98. The van der Waals surface area contributed by atoms with Gasteiger partial charge in [-0.1, -0.05) is 0 Å². The normalized spacial score (nSPS) is 9.62. The first-order chi connectivity index (χ1) is 6.07. The second-order valence-electron chi connectivity index (χ2n) is 2.13. The van der Waals surface area contributed by atoms with Crippen LogP contribution in [0.25, 0.3) is 0 Å². The van der Waals surface area contributed by atoms with Crippen LogP contribution >= 0.6 is 11.5 Å². The molecule has 6 nitrogen and oxygen atoms in total. The van der Waals surface area contributed by atoms with Gasteiger partial charge in [0.2, 0.25) is 0 Å². The van der Waals surface area contributed by atoms with Crippen LogP contribution in [0.2, 0.25) is 0 Å². The third kappa shape index (κ3) is 1.59. The van der Waals surface area contributed by atoms with E-state index in [9.17, 15) is 9.59 Å². The van der Waals surface area contributed by atoms with Gasteiger partial charge in [0, 0.05) is 0 Å². The average Bonchev–Trinajstić information content (AvgIpc) is 2.46. The summed E-state index contributed by atoms with van der Waals surface area (Å²) in [6, 6.07) is 0. The third-order valence-electron chi connectivity index (χ3n) is 1.33. The predicted octanol–water partition coefficient (Wildman–Crippen LogP) is -0.389. The van der Waals surface area contributed by atoms with Crippen LogP contribution in [0.1, 0.15) is 20.2 Å². The van der Waals surface area contributed by atoms with Crippen LogP contribution in [0, 0.1) is 0 Å². The van der Waals surface area contributed by atoms with Crippen molar-refractivity contribution < 1.29 is 14.3 Å². The number of rotatable bonds is 2. The van der Waals surface area contributed by atoms with Crippen LogP contribution in [0.3, 0.4) is 0 Å². The van der Waals surface area contributed by atoms with Crippen LogP contribution in [-0.4, -0.2) is 23.4 Å². The van der Waals surface area contributed by atoms with Gasteiger partial charge in [0.05, 0.1) is 12.8 Å². The summed E-state index contributed by atoms with van der Waals surface area (Å²) >= 11 is 0.787. The molecule has 0 saturated carbocycles. The van der Waals surface area contributed by atoms with Gasteiger partial charge in [0.1, 0.15) is 0 Å². The molecule has 0 radical (unpaired) electrons. The fourth-order valence-electron chi connectivity index (χ4n) is 0.715. The Labute approximate surface area is 77.6 Å². The molecule has 0 aliphatic heterocycles. The molecule has 0 spiro atoms. The number of nitrogens with zero attached hydrogens (tertiary/aromatic N) is 1. The van der Waals surface area contributed by atoms with Crippen molar-refractivity contribution in [2.24, 2.45) is 5.73 Å². The number of nitrogens with two attached hydrogens (primary N) is 2. The lowest BCUT2D eigenvalue weighted by Gasteiger charge is -1.95. The molecular formula is C6H7N3O3S. The number of esters is 1. The molecule has 13 heavy (non-hydrogen) atoms. The van der Waals surface area contributed by atoms with E-state index in [4.69, 9.17) is 11.5 Å². The number of methoxy groups -OCH3 is 1. The van der Waals surface area contributed by atoms with E-state index in [1.54, 1.807) is 0 Å². The van der Waals surface area contributed by atoms with Crippen LogP contribution < -0.4 is 11.5 Å². The number of ether oxygens (including phenoxy) is 1. The summed E-state index contributed by atoms with van der Waals surface area (Å²) in [5, 5.41) is 0. The fourth-order valence-corrected chi connectivity index (χ4v) is 1.44. The van der Waals surface area contributed by atoms with Gasteiger partial charge in [-0.25, -0.2) is 4.79 Å². The van der Waals surface area contributed by atoms with Crippen molar-refractivity contribution in [2.45, 2.75) is 0 Å². The highest BCUT2D eigenvalue weighted by molar-refractivity contribution is 7.08. The fraction of sp³-hybridized carbons (Fsp3) is 0.167. The zero-order chi connectivity index (χ0) is 10.0. The molecule has 0 aromatic carbocycles. The lowest BCUT2D eigenvalue weighted by atomic mass is 10.3. The summed E-state index contributed by atoms with van der Waals surface area (Å²) in [6.07, 6.45) is 0. The molecule has 1 heterocycles. The van der Waals surface area contributed by atoms with E-state index in [1.165, 1.54) is 7.11 Å². The van der Waals surface area contributed by atoms with Gasteiger partial charge < -0.3 is 16.2 Å². The summed E-state index contributed by atoms with van der Waals surface area (Å²) in [7, 11) is 1.21. The molecule has 0 fully saturated rings. The zero-order valence-electron chi connectivity index (χ0n) is 6.73. The molecule has 0 atom stereocenters. The molecule has 1 rings (SSSR count). The molecule has 0 aliphatic carbocycles. The number of hydrogen-bond donors (Lipinski definition) is 2. The number of amides is 1. The molecule has 0 saturated heterocycles. The standard InChI is InChI=1S/C6H7N3O3S/c1-12-6(11)4-2(7)3(5(8)10)9-13-4/h7H2,1H3,(H2,8,10). The van der Waals surface area contributed by atoms with Crippen molar-refractivity contribution in [1.29, 1.82) is 0 Å². The highest BCUT2D eigenvalue weighted by Crippen LogP contribution is 2.21. The molecule has 4 N–H and O–H groups in total. The summed E-state index contributed by atoms with van der Waals surface area (Å²) in [5.74, 6) is -1.38. The maximum Gasteiger partial charge on any atom is 0.351 e. The van der Waals surface area contributed by atoms with Crippen molar-refractivity contribution in [2.75, 3.05) is 12.8 Å². The van der Waals surface area contributed by atoms with Crippen LogP contribution in [0.15, 0.2) is 0 Å². The number of anilines is 1. The number of carbonyl (C=O) groups is 2. The Hall–Kier alpha value is -1.63. The molecule has 0 aliphatic rings. The lowest BCUT2D eigenvalue weighted by Crippen LogP contribution is -2.14. The predicted molar refractivity (Wildman–Crippen MR) is 46.4 cm³/mol. The molecule has 1 aromatic heterocycles. The lowest BCUT2D eigenvalue weighted by molar-refractivity contribution is 0.0607. The Balaban J connectivity index is 3.13. The highest BCUT2D eigenvalue weighted by Gasteiger charge is 2.20. The van der Waals surface area contributed by atoms with Gasteiger partial charge in [-0.15, -0.1) is 0 Å². The topological polar surface area (TPSA) is 108 Å². The highest BCUT2D eigenvalue weighted by atomic mass is 32.1. The Kier molecular flexibility index (Phi) is 2.47. The van der Waals surface area contributed by atoms with Gasteiger partial charge in [0.15, 0.2) is 10.6 Å². The minimum Gasteiger partial charge on any atom is -0.465 e. The van der Waals surface area contributed by atoms with E-state index < -0.39 is 11.9 Å². The summed E-state index contributed by atoms with van der Waals surface area (Å²) in [4.78, 5) is 21.8. The summed E-state index contributed by atoms with van der Waals surface area (Å²) in [5.41, 5.74) is 10.3. The monoisotopic (exact) mass is 201 g/mol. The average molecular weight is 201 g/mol. The first-order valence-electron chi connectivity index (χ1n) is 3.21. The summed E-state index contributed by atoms with van der Waals surface area (Å²) < 4.78 is 8.04. The zero-order valence-corrected chi connectivity index (χ0v) is 7.55. The number of aromatic nitrogens is 1. The largest absolute Gasteiger partial charge is 0.465 e. The van der Waals surface area contributed by atoms with Crippen LogP contribution in [0.4, 0.5) is 5.69 Å². The van der Waals surface area contributed by atoms with Crippen LogP contribution in [0.5, 0.6) is 0 Å². The van der Waals surface area contributed by atoms with Crippen molar-refractivity contribution in [3.05, 3.63) is 10.6 Å². The SMILES string of the molecule is COC(=O)c1snc(C(N)=O)c1N. The number of primary amides is 1. The smallest absolute Gasteiger partial charge is 0.351 e. The Morgan fingerprint density at radius 1 is 1.54 bits per heavy atom. The van der Waals surface area contributed by atoms with Gasteiger partial charge in [-0.2, -0.15) is 4.37 Å². The molecule has 7 heteroatoms. The molecule has 1 aromatic rings. The Bertz CT molecular complexity index is 360.